The Morgan fingerprint density at radius 2 is 1.15 bits per heavy atom. The molecule has 0 saturated carbocycles. The molecule has 0 fully saturated rings. The molecule has 0 aliphatic carbocycles. The van der Waals surface area contributed by atoms with Gasteiger partial charge in [0, 0.05) is 32.0 Å². The molecule has 0 unspecified atom stereocenters. The average molecular weight is 626 g/mol. The second-order valence-electron chi connectivity index (χ2n) is 12.6. The summed E-state index contributed by atoms with van der Waals surface area (Å²) in [5.41, 5.74) is 7.60. The smallest absolute Gasteiger partial charge is 0.400 e. The van der Waals surface area contributed by atoms with E-state index in [9.17, 15) is 0 Å². The monoisotopic (exact) mass is 625 g/mol. The number of benzene rings is 6. The number of nitrogens with zero attached hydrogens (tertiary/aromatic N) is 1. The number of ether oxygens (including phenoxy) is 1. The molecule has 4 nitrogen and oxygen atoms in total. The van der Waals surface area contributed by atoms with Gasteiger partial charge >= 0.3 is 17.5 Å². The van der Waals surface area contributed by atoms with E-state index in [0.29, 0.717) is 0 Å². The molecule has 0 bridgehead atoms. The van der Waals surface area contributed by atoms with Crippen LogP contribution in [0.15, 0.2) is 140 Å². The largest absolute Gasteiger partial charge is 0.455 e. The minimum Gasteiger partial charge on any atom is -0.455 e. The quantitative estimate of drug-likeness (QED) is 0.195. The molecule has 1 aliphatic heterocycles. The lowest BCUT2D eigenvalue weighted by Gasteiger charge is -2.35. The maximum absolute atomic E-state index is 6.81. The number of hydrogen-bond acceptors (Lipinski definition) is 3. The van der Waals surface area contributed by atoms with Gasteiger partial charge in [0.15, 0.2) is 0 Å². The Bertz CT molecular complexity index is 2390. The summed E-state index contributed by atoms with van der Waals surface area (Å²) in [7, 11) is 0. The van der Waals surface area contributed by atoms with Crippen LogP contribution in [0, 0.1) is 0 Å². The van der Waals surface area contributed by atoms with Crippen molar-refractivity contribution in [2.75, 3.05) is 0 Å². The van der Waals surface area contributed by atoms with Crippen molar-refractivity contribution in [2.45, 2.75) is 19.3 Å². The number of aromatic nitrogens is 3. The summed E-state index contributed by atoms with van der Waals surface area (Å²) in [6.45, 7) is 4.60. The molecule has 0 amide bonds. The molecular formula is C42H31N3OS+2. The van der Waals surface area contributed by atoms with E-state index in [2.05, 4.69) is 127 Å². The van der Waals surface area contributed by atoms with E-state index in [1.165, 1.54) is 31.3 Å². The predicted molar refractivity (Wildman–Crippen MR) is 191 cm³/mol. The van der Waals surface area contributed by atoms with Crippen LogP contribution in [0.2, 0.25) is 0 Å². The van der Waals surface area contributed by atoms with E-state index in [1.54, 1.807) is 0 Å². The van der Waals surface area contributed by atoms with Gasteiger partial charge in [-0.2, -0.15) is 9.97 Å². The van der Waals surface area contributed by atoms with Crippen molar-refractivity contribution in [2.24, 2.45) is 0 Å². The first-order valence-corrected chi connectivity index (χ1v) is 16.7. The van der Waals surface area contributed by atoms with Gasteiger partial charge in [-0.1, -0.05) is 105 Å². The van der Waals surface area contributed by atoms with Gasteiger partial charge in [0.05, 0.1) is 26.4 Å². The number of nitrogens with one attached hydrogen (secondary N) is 2. The Labute approximate surface area is 277 Å². The number of fused-ring (bicyclic) bond motifs is 6. The van der Waals surface area contributed by atoms with E-state index in [0.717, 1.165) is 56.8 Å². The van der Waals surface area contributed by atoms with Gasteiger partial charge in [0.25, 0.3) is 0 Å². The van der Waals surface area contributed by atoms with Crippen LogP contribution in [-0.2, 0) is 5.41 Å². The SMILES string of the molecule is CC1(C)c2ccc(-c3ccc(-c4[nH+]c(-c5ccccc5)nc(-c5ccccc5)[nH+]4)cc3)cc2Oc2c1ccc1c2sc2ccccc21. The summed E-state index contributed by atoms with van der Waals surface area (Å²) in [6.07, 6.45) is 0. The molecule has 9 rings (SSSR count). The van der Waals surface area contributed by atoms with Crippen LogP contribution in [0.1, 0.15) is 25.0 Å². The van der Waals surface area contributed by atoms with Crippen molar-refractivity contribution >= 4 is 31.5 Å². The summed E-state index contributed by atoms with van der Waals surface area (Å²) in [5.74, 6) is 4.42. The van der Waals surface area contributed by atoms with Gasteiger partial charge in [-0.25, -0.2) is 0 Å². The minimum absolute atomic E-state index is 0.185. The van der Waals surface area contributed by atoms with E-state index < -0.39 is 0 Å². The summed E-state index contributed by atoms with van der Waals surface area (Å²) in [4.78, 5) is 12.0. The highest BCUT2D eigenvalue weighted by atomic mass is 32.1. The third-order valence-electron chi connectivity index (χ3n) is 9.35. The Balaban J connectivity index is 1.09. The Morgan fingerprint density at radius 1 is 0.553 bits per heavy atom. The highest BCUT2D eigenvalue weighted by Crippen LogP contribution is 2.53. The zero-order chi connectivity index (χ0) is 31.5. The third kappa shape index (κ3) is 4.62. The molecule has 2 aromatic heterocycles. The molecule has 0 radical (unpaired) electrons. The lowest BCUT2D eigenvalue weighted by Crippen LogP contribution is -2.27. The predicted octanol–water partition coefficient (Wildman–Crippen LogP) is 10.2. The molecule has 0 spiro atoms. The number of aromatic amines is 2. The fourth-order valence-corrected chi connectivity index (χ4v) is 7.98. The van der Waals surface area contributed by atoms with Gasteiger partial charge in [0.2, 0.25) is 0 Å². The second-order valence-corrected chi connectivity index (χ2v) is 13.7. The maximum Gasteiger partial charge on any atom is 0.400 e. The summed E-state index contributed by atoms with van der Waals surface area (Å²) < 4.78 is 9.31. The van der Waals surface area contributed by atoms with Gasteiger partial charge in [-0.3, -0.25) is 0 Å². The lowest BCUT2D eigenvalue weighted by molar-refractivity contribution is -0.501. The van der Waals surface area contributed by atoms with Crippen LogP contribution in [0.25, 0.3) is 65.5 Å². The van der Waals surface area contributed by atoms with Crippen molar-refractivity contribution in [1.82, 2.24) is 4.98 Å². The van der Waals surface area contributed by atoms with E-state index in [4.69, 9.17) is 9.72 Å². The molecule has 3 heterocycles. The van der Waals surface area contributed by atoms with Crippen LogP contribution in [0.4, 0.5) is 0 Å². The molecule has 5 heteroatoms. The second kappa shape index (κ2) is 10.7. The third-order valence-corrected chi connectivity index (χ3v) is 10.5. The zero-order valence-electron chi connectivity index (χ0n) is 26.0. The van der Waals surface area contributed by atoms with Gasteiger partial charge in [-0.15, -0.1) is 11.3 Å². The van der Waals surface area contributed by atoms with Crippen LogP contribution >= 0.6 is 11.3 Å². The molecule has 47 heavy (non-hydrogen) atoms. The molecule has 6 aromatic carbocycles. The number of rotatable bonds is 4. The molecular weight excluding hydrogens is 595 g/mol. The molecule has 0 saturated heterocycles. The molecule has 0 atom stereocenters. The standard InChI is InChI=1S/C42H29N3OS/c1-42(2)33-23-21-30(25-35(33)46-37-34(42)24-22-32-31-15-9-10-16-36(31)47-38(32)37)26-17-19-29(20-18-26)41-44-39(27-11-5-3-6-12-27)43-40(45-41)28-13-7-4-8-14-28/h3-25H,1-2H3/p+2. The highest BCUT2D eigenvalue weighted by molar-refractivity contribution is 7.26. The van der Waals surface area contributed by atoms with Crippen molar-refractivity contribution in [3.8, 4) is 56.8 Å². The van der Waals surface area contributed by atoms with E-state index in [1.807, 2.05) is 47.7 Å². The fourth-order valence-electron chi connectivity index (χ4n) is 6.79. The zero-order valence-corrected chi connectivity index (χ0v) is 26.9. The van der Waals surface area contributed by atoms with Gasteiger partial charge in [-0.05, 0) is 59.7 Å². The Morgan fingerprint density at radius 3 is 1.85 bits per heavy atom. The normalized spacial score (nSPS) is 13.2. The summed E-state index contributed by atoms with van der Waals surface area (Å²) in [5, 5.41) is 2.54. The number of hydrogen-bond donors (Lipinski definition) is 0. The van der Waals surface area contributed by atoms with Crippen molar-refractivity contribution < 1.29 is 14.7 Å². The van der Waals surface area contributed by atoms with Crippen LogP contribution < -0.4 is 14.7 Å². The highest BCUT2D eigenvalue weighted by Gasteiger charge is 2.36. The van der Waals surface area contributed by atoms with Gasteiger partial charge in [0.1, 0.15) is 11.5 Å². The first kappa shape index (κ1) is 27.6. The van der Waals surface area contributed by atoms with Crippen LogP contribution in [0.3, 0.4) is 0 Å². The summed E-state index contributed by atoms with van der Waals surface area (Å²) >= 11 is 1.82. The number of H-pyrrole nitrogens is 2. The van der Waals surface area contributed by atoms with Crippen molar-refractivity contribution in [3.63, 3.8) is 0 Å². The van der Waals surface area contributed by atoms with E-state index >= 15 is 0 Å². The number of thiophene rings is 1. The molecule has 2 N–H and O–H groups in total. The van der Waals surface area contributed by atoms with Gasteiger partial charge < -0.3 is 4.74 Å². The molecule has 224 valence electrons. The lowest BCUT2D eigenvalue weighted by atomic mass is 9.75. The van der Waals surface area contributed by atoms with Crippen LogP contribution in [-0.4, -0.2) is 4.98 Å². The van der Waals surface area contributed by atoms with Crippen molar-refractivity contribution in [1.29, 1.82) is 0 Å². The van der Waals surface area contributed by atoms with Crippen molar-refractivity contribution in [3.05, 3.63) is 151 Å². The first-order valence-electron chi connectivity index (χ1n) is 15.9. The topological polar surface area (TPSA) is 50.4 Å². The Kier molecular flexibility index (Phi) is 6.30. The maximum atomic E-state index is 6.81. The summed E-state index contributed by atoms with van der Waals surface area (Å²) in [6, 6.07) is 48.9. The van der Waals surface area contributed by atoms with Crippen LogP contribution in [0.5, 0.6) is 11.5 Å². The fraction of sp³-hybridized carbons (Fsp3) is 0.0714. The average Bonchev–Trinajstić information content (AvgIpc) is 3.51. The Hall–Kier alpha value is -5.65. The molecule has 8 aromatic rings. The van der Waals surface area contributed by atoms with E-state index in [-0.39, 0.29) is 5.41 Å². The minimum atomic E-state index is -0.185. The first-order chi connectivity index (χ1) is 23.0. The molecule has 1 aliphatic rings.